The van der Waals surface area contributed by atoms with Crippen molar-refractivity contribution in [3.8, 4) is 5.88 Å². The number of amides is 1. The number of rotatable bonds is 7. The Bertz CT molecular complexity index is 1380. The van der Waals surface area contributed by atoms with Crippen molar-refractivity contribution in [3.63, 3.8) is 0 Å². The molecule has 1 amide bonds. The van der Waals surface area contributed by atoms with Gasteiger partial charge in [0.15, 0.2) is 0 Å². The summed E-state index contributed by atoms with van der Waals surface area (Å²) in [5.74, 6) is -1.03. The van der Waals surface area contributed by atoms with Gasteiger partial charge in [-0.05, 0) is 43.3 Å². The van der Waals surface area contributed by atoms with Gasteiger partial charge in [0.05, 0.1) is 29.9 Å². The smallest absolute Gasteiger partial charge is 0.296 e. The standard InChI is InChI=1S/C25H24ClN5O3/c1-15-23(24(32)25(33)29-17-9-10-27-22(11-17)34-4)20-12-19(30(2)3)7-8-21(20)31(15)14-18-6-5-16(26)13-28-18/h5-13H,14H2,1-4H3,(H,27,29,33). The number of nitrogens with one attached hydrogen (secondary N) is 1. The SMILES string of the molecule is COc1cc(NC(=O)C(=O)c2c(C)n(Cc3ccc(Cl)cn3)c3ccc(N(C)C)cc23)ccn1. The van der Waals surface area contributed by atoms with Gasteiger partial charge in [-0.3, -0.25) is 14.6 Å². The van der Waals surface area contributed by atoms with E-state index in [4.69, 9.17) is 16.3 Å². The zero-order chi connectivity index (χ0) is 24.4. The number of anilines is 2. The molecule has 0 fully saturated rings. The Hall–Kier alpha value is -3.91. The van der Waals surface area contributed by atoms with Gasteiger partial charge in [-0.15, -0.1) is 0 Å². The van der Waals surface area contributed by atoms with E-state index in [2.05, 4.69) is 15.3 Å². The maximum absolute atomic E-state index is 13.4. The third kappa shape index (κ3) is 4.58. The molecule has 8 nitrogen and oxygen atoms in total. The molecule has 0 aliphatic heterocycles. The summed E-state index contributed by atoms with van der Waals surface area (Å²) in [6.45, 7) is 2.26. The minimum Gasteiger partial charge on any atom is -0.481 e. The van der Waals surface area contributed by atoms with E-state index in [0.717, 1.165) is 16.9 Å². The number of carbonyl (C=O) groups excluding carboxylic acids is 2. The highest BCUT2D eigenvalue weighted by Gasteiger charge is 2.26. The maximum atomic E-state index is 13.4. The second kappa shape index (κ2) is 9.52. The van der Waals surface area contributed by atoms with Gasteiger partial charge in [-0.1, -0.05) is 11.6 Å². The summed E-state index contributed by atoms with van der Waals surface area (Å²) in [5.41, 5.74) is 3.99. The molecule has 0 spiro atoms. The summed E-state index contributed by atoms with van der Waals surface area (Å²) < 4.78 is 7.08. The molecule has 1 N–H and O–H groups in total. The van der Waals surface area contributed by atoms with E-state index in [1.54, 1.807) is 24.4 Å². The fourth-order valence-corrected chi connectivity index (χ4v) is 3.91. The second-order valence-corrected chi connectivity index (χ2v) is 8.42. The van der Waals surface area contributed by atoms with Crippen LogP contribution < -0.4 is 15.0 Å². The zero-order valence-electron chi connectivity index (χ0n) is 19.3. The average molecular weight is 478 g/mol. The fraction of sp³-hybridized carbons (Fsp3) is 0.200. The van der Waals surface area contributed by atoms with Gasteiger partial charge in [0.25, 0.3) is 11.7 Å². The van der Waals surface area contributed by atoms with Crippen LogP contribution >= 0.6 is 11.6 Å². The van der Waals surface area contributed by atoms with Crippen LogP contribution in [0.2, 0.25) is 5.02 Å². The number of Topliss-reactive ketones (excluding diaryl/α,β-unsaturated/α-hetero) is 1. The Morgan fingerprint density at radius 2 is 1.91 bits per heavy atom. The first-order valence-electron chi connectivity index (χ1n) is 10.5. The molecule has 0 aliphatic carbocycles. The normalized spacial score (nSPS) is 10.9. The Kier molecular flexibility index (Phi) is 6.51. The molecule has 0 atom stereocenters. The number of hydrogen-bond acceptors (Lipinski definition) is 6. The van der Waals surface area contributed by atoms with Crippen LogP contribution in [0.3, 0.4) is 0 Å². The molecule has 0 saturated carbocycles. The van der Waals surface area contributed by atoms with E-state index < -0.39 is 11.7 Å². The highest BCUT2D eigenvalue weighted by Crippen LogP contribution is 2.31. The number of ether oxygens (including phenoxy) is 1. The lowest BCUT2D eigenvalue weighted by Gasteiger charge is -2.13. The summed E-state index contributed by atoms with van der Waals surface area (Å²) in [6.07, 6.45) is 3.09. The van der Waals surface area contributed by atoms with Crippen LogP contribution in [0.5, 0.6) is 5.88 Å². The van der Waals surface area contributed by atoms with Gasteiger partial charge in [0.1, 0.15) is 0 Å². The van der Waals surface area contributed by atoms with Crippen LogP contribution in [0.25, 0.3) is 10.9 Å². The topological polar surface area (TPSA) is 89.3 Å². The van der Waals surface area contributed by atoms with Crippen molar-refractivity contribution < 1.29 is 14.3 Å². The molecule has 0 radical (unpaired) electrons. The number of nitrogens with zero attached hydrogens (tertiary/aromatic N) is 4. The number of carbonyl (C=O) groups is 2. The largest absolute Gasteiger partial charge is 0.481 e. The molecule has 0 bridgehead atoms. The summed E-state index contributed by atoms with van der Waals surface area (Å²) in [4.78, 5) is 36.7. The Labute approximate surface area is 202 Å². The Morgan fingerprint density at radius 1 is 1.12 bits per heavy atom. The van der Waals surface area contributed by atoms with Crippen molar-refractivity contribution >= 4 is 45.6 Å². The van der Waals surface area contributed by atoms with E-state index in [-0.39, 0.29) is 0 Å². The molecule has 0 unspecified atom stereocenters. The van der Waals surface area contributed by atoms with Crippen molar-refractivity contribution in [1.29, 1.82) is 0 Å². The maximum Gasteiger partial charge on any atom is 0.296 e. The molecule has 9 heteroatoms. The number of hydrogen-bond donors (Lipinski definition) is 1. The summed E-state index contributed by atoms with van der Waals surface area (Å²) >= 11 is 5.98. The number of halogens is 1. The predicted octanol–water partition coefficient (Wildman–Crippen LogP) is 4.34. The highest BCUT2D eigenvalue weighted by molar-refractivity contribution is 6.48. The molecule has 1 aromatic carbocycles. The molecule has 3 heterocycles. The lowest BCUT2D eigenvalue weighted by Crippen LogP contribution is -2.23. The number of ketones is 1. The van der Waals surface area contributed by atoms with E-state index in [0.29, 0.717) is 39.8 Å². The minimum atomic E-state index is -0.740. The molecule has 34 heavy (non-hydrogen) atoms. The van der Waals surface area contributed by atoms with E-state index in [1.165, 1.54) is 13.3 Å². The number of aromatic nitrogens is 3. The zero-order valence-corrected chi connectivity index (χ0v) is 20.1. The second-order valence-electron chi connectivity index (χ2n) is 7.98. The van der Waals surface area contributed by atoms with Gasteiger partial charge in [0, 0.05) is 60.5 Å². The Balaban J connectivity index is 1.77. The summed E-state index contributed by atoms with van der Waals surface area (Å²) in [7, 11) is 5.33. The average Bonchev–Trinajstić information content (AvgIpc) is 3.10. The molecule has 0 aliphatic rings. The monoisotopic (exact) mass is 477 g/mol. The first kappa shape index (κ1) is 23.3. The van der Waals surface area contributed by atoms with Crippen LogP contribution in [0.15, 0.2) is 54.9 Å². The third-order valence-corrected chi connectivity index (χ3v) is 5.79. The summed E-state index contributed by atoms with van der Waals surface area (Å²) in [5, 5.41) is 3.90. The molecule has 4 rings (SSSR count). The number of methoxy groups -OCH3 is 1. The minimum absolute atomic E-state index is 0.337. The predicted molar refractivity (Wildman–Crippen MR) is 133 cm³/mol. The van der Waals surface area contributed by atoms with Crippen molar-refractivity contribution in [2.45, 2.75) is 13.5 Å². The molecule has 3 aromatic heterocycles. The lowest BCUT2D eigenvalue weighted by atomic mass is 10.1. The number of benzene rings is 1. The van der Waals surface area contributed by atoms with E-state index >= 15 is 0 Å². The lowest BCUT2D eigenvalue weighted by molar-refractivity contribution is -0.112. The quantitative estimate of drug-likeness (QED) is 0.314. The van der Waals surface area contributed by atoms with Crippen LogP contribution in [0.1, 0.15) is 21.7 Å². The fourth-order valence-electron chi connectivity index (χ4n) is 3.80. The van der Waals surface area contributed by atoms with Gasteiger partial charge in [0.2, 0.25) is 5.88 Å². The van der Waals surface area contributed by atoms with Crippen LogP contribution in [-0.4, -0.2) is 47.4 Å². The van der Waals surface area contributed by atoms with E-state index in [1.807, 2.05) is 54.8 Å². The molecule has 4 aromatic rings. The van der Waals surface area contributed by atoms with Crippen LogP contribution in [0.4, 0.5) is 11.4 Å². The van der Waals surface area contributed by atoms with Crippen molar-refractivity contribution in [2.75, 3.05) is 31.4 Å². The first-order valence-corrected chi connectivity index (χ1v) is 10.9. The number of fused-ring (bicyclic) bond motifs is 1. The first-order chi connectivity index (χ1) is 16.3. The number of pyridine rings is 2. The van der Waals surface area contributed by atoms with Crippen molar-refractivity contribution in [1.82, 2.24) is 14.5 Å². The molecule has 0 saturated heterocycles. The highest BCUT2D eigenvalue weighted by atomic mass is 35.5. The van der Waals surface area contributed by atoms with Crippen molar-refractivity contribution in [3.05, 3.63) is 76.8 Å². The van der Waals surface area contributed by atoms with Crippen molar-refractivity contribution in [2.24, 2.45) is 0 Å². The van der Waals surface area contributed by atoms with Gasteiger partial charge >= 0.3 is 0 Å². The molecular formula is C25H24ClN5O3. The van der Waals surface area contributed by atoms with E-state index in [9.17, 15) is 9.59 Å². The van der Waals surface area contributed by atoms with Crippen LogP contribution in [-0.2, 0) is 11.3 Å². The van der Waals surface area contributed by atoms with Gasteiger partial charge < -0.3 is 19.5 Å². The van der Waals surface area contributed by atoms with Crippen LogP contribution in [0, 0.1) is 6.92 Å². The van der Waals surface area contributed by atoms with Gasteiger partial charge in [-0.25, -0.2) is 4.98 Å². The Morgan fingerprint density at radius 3 is 2.59 bits per heavy atom. The molecule has 174 valence electrons. The third-order valence-electron chi connectivity index (χ3n) is 5.57. The van der Waals surface area contributed by atoms with Gasteiger partial charge in [-0.2, -0.15) is 0 Å². The summed E-state index contributed by atoms with van der Waals surface area (Å²) in [6, 6.07) is 12.6. The molecular weight excluding hydrogens is 454 g/mol.